The molecule has 6 heteroatoms. The van der Waals surface area contributed by atoms with Crippen LogP contribution in [-0.2, 0) is 9.47 Å². The van der Waals surface area contributed by atoms with Crippen molar-refractivity contribution in [2.45, 2.75) is 12.8 Å². The van der Waals surface area contributed by atoms with Crippen LogP contribution in [0.15, 0.2) is 48.5 Å². The lowest BCUT2D eigenvalue weighted by Gasteiger charge is -2.07. The van der Waals surface area contributed by atoms with Crippen LogP contribution in [0.1, 0.15) is 33.6 Å². The molecule has 2 rings (SSSR count). The third kappa shape index (κ3) is 5.31. The maximum atomic E-state index is 11.8. The van der Waals surface area contributed by atoms with Gasteiger partial charge in [0.25, 0.3) is 0 Å². The van der Waals surface area contributed by atoms with E-state index in [0.717, 1.165) is 0 Å². The molecule has 0 amide bonds. The second-order valence-electron chi connectivity index (χ2n) is 5.23. The summed E-state index contributed by atoms with van der Waals surface area (Å²) < 4.78 is 10.3. The van der Waals surface area contributed by atoms with E-state index in [1.807, 2.05) is 0 Å². The summed E-state index contributed by atoms with van der Waals surface area (Å²) in [5.41, 5.74) is 13.1. The Kier molecular flexibility index (Phi) is 6.19. The zero-order chi connectivity index (χ0) is 17.4. The molecule has 0 aliphatic rings. The molecular formula is C18H20N2O4. The number of nitrogens with two attached hydrogens (primary N) is 2. The van der Waals surface area contributed by atoms with E-state index in [4.69, 9.17) is 20.9 Å². The van der Waals surface area contributed by atoms with E-state index < -0.39 is 11.9 Å². The number of benzene rings is 2. The van der Waals surface area contributed by atoms with Crippen molar-refractivity contribution in [2.24, 2.45) is 0 Å². The minimum atomic E-state index is -0.418. The van der Waals surface area contributed by atoms with Crippen molar-refractivity contribution in [2.75, 3.05) is 24.7 Å². The number of unbranched alkanes of at least 4 members (excludes halogenated alkanes) is 1. The summed E-state index contributed by atoms with van der Waals surface area (Å²) >= 11 is 0. The van der Waals surface area contributed by atoms with Crippen molar-refractivity contribution in [3.63, 3.8) is 0 Å². The Balaban J connectivity index is 1.63. The quantitative estimate of drug-likeness (QED) is 0.460. The molecule has 0 saturated carbocycles. The Morgan fingerprint density at radius 2 is 1.17 bits per heavy atom. The Morgan fingerprint density at radius 3 is 1.54 bits per heavy atom. The predicted molar refractivity (Wildman–Crippen MR) is 91.5 cm³/mol. The largest absolute Gasteiger partial charge is 0.462 e. The fourth-order valence-corrected chi connectivity index (χ4v) is 2.03. The SMILES string of the molecule is Nc1cccc(C(=O)OCCCCOC(=O)c2cccc(N)c2)c1. The molecule has 0 radical (unpaired) electrons. The van der Waals surface area contributed by atoms with Crippen molar-refractivity contribution >= 4 is 23.3 Å². The van der Waals surface area contributed by atoms with E-state index in [0.29, 0.717) is 35.3 Å². The van der Waals surface area contributed by atoms with Crippen molar-refractivity contribution in [1.82, 2.24) is 0 Å². The van der Waals surface area contributed by atoms with Gasteiger partial charge in [0, 0.05) is 11.4 Å². The normalized spacial score (nSPS) is 10.2. The van der Waals surface area contributed by atoms with E-state index in [1.54, 1.807) is 48.5 Å². The number of hydrogen-bond donors (Lipinski definition) is 2. The second-order valence-corrected chi connectivity index (χ2v) is 5.23. The maximum absolute atomic E-state index is 11.8. The van der Waals surface area contributed by atoms with Gasteiger partial charge in [-0.25, -0.2) is 9.59 Å². The summed E-state index contributed by atoms with van der Waals surface area (Å²) in [6, 6.07) is 13.2. The lowest BCUT2D eigenvalue weighted by molar-refractivity contribution is 0.0432. The Hall–Kier alpha value is -3.02. The molecule has 0 bridgehead atoms. The highest BCUT2D eigenvalue weighted by Gasteiger charge is 2.08. The second kappa shape index (κ2) is 8.57. The zero-order valence-corrected chi connectivity index (χ0v) is 13.2. The minimum Gasteiger partial charge on any atom is -0.462 e. The molecule has 2 aromatic carbocycles. The topological polar surface area (TPSA) is 105 Å². The molecule has 0 spiro atoms. The van der Waals surface area contributed by atoms with Crippen LogP contribution in [0.2, 0.25) is 0 Å². The summed E-state index contributed by atoms with van der Waals surface area (Å²) in [6.07, 6.45) is 1.19. The highest BCUT2D eigenvalue weighted by atomic mass is 16.5. The molecule has 0 aliphatic carbocycles. The third-order valence-corrected chi connectivity index (χ3v) is 3.25. The molecule has 126 valence electrons. The zero-order valence-electron chi connectivity index (χ0n) is 13.2. The van der Waals surface area contributed by atoms with Crippen LogP contribution in [0.3, 0.4) is 0 Å². The Bertz CT molecular complexity index is 654. The summed E-state index contributed by atoms with van der Waals surface area (Å²) in [5.74, 6) is -0.835. The standard InChI is InChI=1S/C18H20N2O4/c19-15-7-3-5-13(11-15)17(21)23-9-1-2-10-24-18(22)14-6-4-8-16(20)12-14/h3-8,11-12H,1-2,9-10,19-20H2. The molecule has 24 heavy (non-hydrogen) atoms. The van der Waals surface area contributed by atoms with E-state index in [2.05, 4.69) is 0 Å². The van der Waals surface area contributed by atoms with Crippen molar-refractivity contribution < 1.29 is 19.1 Å². The number of carbonyl (C=O) groups is 2. The van der Waals surface area contributed by atoms with Crippen LogP contribution in [0.4, 0.5) is 11.4 Å². The van der Waals surface area contributed by atoms with E-state index in [1.165, 1.54) is 0 Å². The molecule has 0 saturated heterocycles. The Labute approximate surface area is 140 Å². The fraction of sp³-hybridized carbons (Fsp3) is 0.222. The minimum absolute atomic E-state index is 0.253. The highest BCUT2D eigenvalue weighted by molar-refractivity contribution is 5.90. The molecule has 6 nitrogen and oxygen atoms in total. The maximum Gasteiger partial charge on any atom is 0.338 e. The van der Waals surface area contributed by atoms with Crippen LogP contribution < -0.4 is 11.5 Å². The molecule has 2 aromatic rings. The molecule has 0 fully saturated rings. The lowest BCUT2D eigenvalue weighted by atomic mass is 10.2. The predicted octanol–water partition coefficient (Wildman–Crippen LogP) is 2.65. The fourth-order valence-electron chi connectivity index (χ4n) is 2.03. The number of ether oxygens (including phenoxy) is 2. The van der Waals surface area contributed by atoms with Crippen LogP contribution in [0.25, 0.3) is 0 Å². The first kappa shape index (κ1) is 17.3. The van der Waals surface area contributed by atoms with Crippen LogP contribution in [0.5, 0.6) is 0 Å². The van der Waals surface area contributed by atoms with Gasteiger partial charge in [0.05, 0.1) is 24.3 Å². The molecule has 4 N–H and O–H groups in total. The highest BCUT2D eigenvalue weighted by Crippen LogP contribution is 2.09. The van der Waals surface area contributed by atoms with Gasteiger partial charge in [-0.15, -0.1) is 0 Å². The van der Waals surface area contributed by atoms with Gasteiger partial charge < -0.3 is 20.9 Å². The van der Waals surface area contributed by atoms with Crippen molar-refractivity contribution in [1.29, 1.82) is 0 Å². The van der Waals surface area contributed by atoms with Gasteiger partial charge in [0.2, 0.25) is 0 Å². The van der Waals surface area contributed by atoms with E-state index >= 15 is 0 Å². The van der Waals surface area contributed by atoms with E-state index in [-0.39, 0.29) is 13.2 Å². The first-order valence-electron chi connectivity index (χ1n) is 7.61. The van der Waals surface area contributed by atoms with Crippen LogP contribution in [-0.4, -0.2) is 25.2 Å². The lowest BCUT2D eigenvalue weighted by Crippen LogP contribution is -2.09. The van der Waals surface area contributed by atoms with Gasteiger partial charge >= 0.3 is 11.9 Å². The average Bonchev–Trinajstić information content (AvgIpc) is 2.57. The van der Waals surface area contributed by atoms with Gasteiger partial charge in [-0.1, -0.05) is 12.1 Å². The van der Waals surface area contributed by atoms with Crippen LogP contribution in [0, 0.1) is 0 Å². The van der Waals surface area contributed by atoms with Crippen LogP contribution >= 0.6 is 0 Å². The first-order valence-corrected chi connectivity index (χ1v) is 7.61. The number of nitrogen functional groups attached to an aromatic ring is 2. The smallest absolute Gasteiger partial charge is 0.338 e. The summed E-state index contributed by atoms with van der Waals surface area (Å²) in [6.45, 7) is 0.507. The van der Waals surface area contributed by atoms with Gasteiger partial charge in [-0.05, 0) is 49.2 Å². The first-order chi connectivity index (χ1) is 11.6. The molecule has 0 heterocycles. The molecule has 0 aromatic heterocycles. The molecule has 0 atom stereocenters. The molecule has 0 aliphatic heterocycles. The molecular weight excluding hydrogens is 308 g/mol. The Morgan fingerprint density at radius 1 is 0.750 bits per heavy atom. The van der Waals surface area contributed by atoms with Gasteiger partial charge in [-0.3, -0.25) is 0 Å². The van der Waals surface area contributed by atoms with E-state index in [9.17, 15) is 9.59 Å². The summed E-state index contributed by atoms with van der Waals surface area (Å²) in [7, 11) is 0. The van der Waals surface area contributed by atoms with Crippen molar-refractivity contribution in [3.8, 4) is 0 Å². The average molecular weight is 328 g/mol. The van der Waals surface area contributed by atoms with Gasteiger partial charge in [0.1, 0.15) is 0 Å². The number of carbonyl (C=O) groups excluding carboxylic acids is 2. The summed E-state index contributed by atoms with van der Waals surface area (Å²) in [5, 5.41) is 0. The number of hydrogen-bond acceptors (Lipinski definition) is 6. The summed E-state index contributed by atoms with van der Waals surface area (Å²) in [4.78, 5) is 23.6. The number of esters is 2. The number of anilines is 2. The van der Waals surface area contributed by atoms with Gasteiger partial charge in [-0.2, -0.15) is 0 Å². The monoisotopic (exact) mass is 328 g/mol. The molecule has 0 unspecified atom stereocenters. The number of rotatable bonds is 7. The van der Waals surface area contributed by atoms with Gasteiger partial charge in [0.15, 0.2) is 0 Å². The van der Waals surface area contributed by atoms with Crippen molar-refractivity contribution in [3.05, 3.63) is 59.7 Å². The third-order valence-electron chi connectivity index (χ3n) is 3.25.